The number of carbonyl (C=O) groups is 1. The number of nitrogens with one attached hydrogen (secondary N) is 1. The third-order valence-corrected chi connectivity index (χ3v) is 6.58. The number of aromatic nitrogens is 1. The molecular formula is C28H30F3N3O2. The minimum absolute atomic E-state index is 0.0165. The number of nitrogens with zero attached hydrogens (tertiary/aromatic N) is 2. The molecule has 190 valence electrons. The van der Waals surface area contributed by atoms with E-state index in [9.17, 15) is 23.1 Å². The van der Waals surface area contributed by atoms with Gasteiger partial charge in [-0.15, -0.1) is 0 Å². The summed E-state index contributed by atoms with van der Waals surface area (Å²) in [5.74, 6) is -0.111. The van der Waals surface area contributed by atoms with E-state index in [4.69, 9.17) is 0 Å². The lowest BCUT2D eigenvalue weighted by atomic mass is 9.99. The lowest BCUT2D eigenvalue weighted by Crippen LogP contribution is -2.31. The van der Waals surface area contributed by atoms with Crippen LogP contribution in [-0.2, 0) is 19.3 Å². The standard InChI is InChI=1S/C28H30F3N3O2/c1-17(2)26-25-22(15-34(26)14-19-6-10-23(11-7-19)28(29,30)31)12-21(13-32-25)27(36)33-24(16-35)20-8-4-18(3)5-9-20/h4-13,17,24,26,35H,14-16H2,1-3H3,(H,33,36)/t24?,26-/m0/s1. The van der Waals surface area contributed by atoms with Crippen LogP contribution in [0, 0.1) is 12.8 Å². The van der Waals surface area contributed by atoms with Gasteiger partial charge in [-0.1, -0.05) is 55.8 Å². The number of benzene rings is 2. The van der Waals surface area contributed by atoms with Gasteiger partial charge in [-0.2, -0.15) is 13.2 Å². The SMILES string of the molecule is Cc1ccc(C(CO)NC(=O)c2cnc3c(c2)CN(Cc2ccc(C(F)(F)F)cc2)[C@H]3C(C)C)cc1. The summed E-state index contributed by atoms with van der Waals surface area (Å²) in [7, 11) is 0. The Morgan fingerprint density at radius 2 is 1.81 bits per heavy atom. The normalized spacial score (nSPS) is 16.7. The topological polar surface area (TPSA) is 65.5 Å². The molecule has 0 aliphatic carbocycles. The highest BCUT2D eigenvalue weighted by Crippen LogP contribution is 2.39. The first-order valence-corrected chi connectivity index (χ1v) is 11.9. The lowest BCUT2D eigenvalue weighted by Gasteiger charge is -2.27. The number of alkyl halides is 3. The van der Waals surface area contributed by atoms with Crippen LogP contribution in [0.5, 0.6) is 0 Å². The third kappa shape index (κ3) is 5.60. The summed E-state index contributed by atoms with van der Waals surface area (Å²) in [5, 5.41) is 12.7. The zero-order chi connectivity index (χ0) is 26.0. The van der Waals surface area contributed by atoms with Crippen molar-refractivity contribution >= 4 is 5.91 Å². The molecule has 8 heteroatoms. The number of hydrogen-bond donors (Lipinski definition) is 2. The van der Waals surface area contributed by atoms with Crippen LogP contribution >= 0.6 is 0 Å². The van der Waals surface area contributed by atoms with Crippen LogP contribution in [0.2, 0.25) is 0 Å². The van der Waals surface area contributed by atoms with Crippen molar-refractivity contribution in [3.05, 3.63) is 99.9 Å². The summed E-state index contributed by atoms with van der Waals surface area (Å²) >= 11 is 0. The van der Waals surface area contributed by atoms with Crippen molar-refractivity contribution in [3.63, 3.8) is 0 Å². The van der Waals surface area contributed by atoms with Crippen LogP contribution in [0.3, 0.4) is 0 Å². The van der Waals surface area contributed by atoms with Crippen LogP contribution in [0.4, 0.5) is 13.2 Å². The van der Waals surface area contributed by atoms with Crippen molar-refractivity contribution in [2.45, 2.75) is 52.1 Å². The highest BCUT2D eigenvalue weighted by molar-refractivity contribution is 5.94. The van der Waals surface area contributed by atoms with Crippen molar-refractivity contribution in [2.24, 2.45) is 5.92 Å². The Morgan fingerprint density at radius 1 is 1.14 bits per heavy atom. The number of halogens is 3. The maximum absolute atomic E-state index is 13.0. The fraction of sp³-hybridized carbons (Fsp3) is 0.357. The maximum atomic E-state index is 13.0. The molecule has 2 N–H and O–H groups in total. The number of fused-ring (bicyclic) bond motifs is 1. The quantitative estimate of drug-likeness (QED) is 0.447. The molecule has 2 heterocycles. The Bertz CT molecular complexity index is 1210. The zero-order valence-corrected chi connectivity index (χ0v) is 20.5. The number of hydrogen-bond acceptors (Lipinski definition) is 4. The summed E-state index contributed by atoms with van der Waals surface area (Å²) in [4.78, 5) is 19.8. The number of aliphatic hydroxyl groups is 1. The zero-order valence-electron chi connectivity index (χ0n) is 20.5. The van der Waals surface area contributed by atoms with Gasteiger partial charge in [0.1, 0.15) is 0 Å². The molecule has 2 atom stereocenters. The fourth-order valence-electron chi connectivity index (χ4n) is 4.73. The van der Waals surface area contributed by atoms with E-state index in [1.54, 1.807) is 6.20 Å². The monoisotopic (exact) mass is 497 g/mol. The smallest absolute Gasteiger partial charge is 0.394 e. The van der Waals surface area contributed by atoms with Crippen molar-refractivity contribution < 1.29 is 23.1 Å². The Kier molecular flexibility index (Phi) is 7.47. The molecule has 1 unspecified atom stereocenters. The maximum Gasteiger partial charge on any atom is 0.416 e. The Hall–Kier alpha value is -3.23. The second-order valence-electron chi connectivity index (χ2n) is 9.68. The highest BCUT2D eigenvalue weighted by Gasteiger charge is 2.35. The number of carbonyl (C=O) groups excluding carboxylic acids is 1. The first-order valence-electron chi connectivity index (χ1n) is 11.9. The van der Waals surface area contributed by atoms with E-state index in [-0.39, 0.29) is 24.5 Å². The fourth-order valence-corrected chi connectivity index (χ4v) is 4.73. The molecule has 4 rings (SSSR count). The summed E-state index contributed by atoms with van der Waals surface area (Å²) in [6.45, 7) is 6.90. The van der Waals surface area contributed by atoms with Gasteiger partial charge in [0, 0.05) is 19.3 Å². The van der Waals surface area contributed by atoms with Gasteiger partial charge >= 0.3 is 6.18 Å². The largest absolute Gasteiger partial charge is 0.416 e. The molecule has 0 spiro atoms. The number of aliphatic hydroxyl groups excluding tert-OH is 1. The molecule has 0 saturated carbocycles. The molecule has 0 fully saturated rings. The van der Waals surface area contributed by atoms with E-state index in [2.05, 4.69) is 29.0 Å². The van der Waals surface area contributed by atoms with E-state index in [0.29, 0.717) is 18.7 Å². The number of pyridine rings is 1. The average Bonchev–Trinajstić information content (AvgIpc) is 3.20. The molecule has 1 aliphatic heterocycles. The summed E-state index contributed by atoms with van der Waals surface area (Å²) in [5.41, 5.74) is 4.22. The van der Waals surface area contributed by atoms with Gasteiger partial charge in [0.15, 0.2) is 0 Å². The van der Waals surface area contributed by atoms with Crippen LogP contribution in [-0.4, -0.2) is 27.5 Å². The molecule has 1 aromatic heterocycles. The Morgan fingerprint density at radius 3 is 2.39 bits per heavy atom. The van der Waals surface area contributed by atoms with Crippen molar-refractivity contribution in [1.82, 2.24) is 15.2 Å². The van der Waals surface area contributed by atoms with Gasteiger partial charge < -0.3 is 10.4 Å². The van der Waals surface area contributed by atoms with Crippen LogP contribution in [0.1, 0.15) is 69.8 Å². The van der Waals surface area contributed by atoms with Gasteiger partial charge in [0.05, 0.1) is 35.5 Å². The van der Waals surface area contributed by atoms with E-state index >= 15 is 0 Å². The van der Waals surface area contributed by atoms with Gasteiger partial charge in [-0.25, -0.2) is 0 Å². The first kappa shape index (κ1) is 25.9. The molecule has 0 bridgehead atoms. The van der Waals surface area contributed by atoms with E-state index in [1.807, 2.05) is 37.3 Å². The summed E-state index contributed by atoms with van der Waals surface area (Å²) in [6.07, 6.45) is -2.81. The third-order valence-electron chi connectivity index (χ3n) is 6.58. The van der Waals surface area contributed by atoms with Crippen molar-refractivity contribution in [1.29, 1.82) is 0 Å². The highest BCUT2D eigenvalue weighted by atomic mass is 19.4. The van der Waals surface area contributed by atoms with Gasteiger partial charge in [-0.05, 0) is 47.7 Å². The Balaban J connectivity index is 1.51. The van der Waals surface area contributed by atoms with Gasteiger partial charge in [0.25, 0.3) is 5.91 Å². The molecule has 0 radical (unpaired) electrons. The minimum atomic E-state index is -4.36. The van der Waals surface area contributed by atoms with Crippen LogP contribution in [0.25, 0.3) is 0 Å². The molecule has 1 amide bonds. The van der Waals surface area contributed by atoms with E-state index in [0.717, 1.165) is 40.1 Å². The molecular weight excluding hydrogens is 467 g/mol. The number of aryl methyl sites for hydroxylation is 1. The number of rotatable bonds is 7. The molecule has 1 aliphatic rings. The lowest BCUT2D eigenvalue weighted by molar-refractivity contribution is -0.137. The predicted molar refractivity (Wildman–Crippen MR) is 131 cm³/mol. The van der Waals surface area contributed by atoms with Crippen LogP contribution in [0.15, 0.2) is 60.8 Å². The molecule has 36 heavy (non-hydrogen) atoms. The Labute approximate surface area is 209 Å². The number of amides is 1. The van der Waals surface area contributed by atoms with E-state index < -0.39 is 17.8 Å². The van der Waals surface area contributed by atoms with Crippen molar-refractivity contribution in [3.8, 4) is 0 Å². The van der Waals surface area contributed by atoms with Gasteiger partial charge in [-0.3, -0.25) is 14.7 Å². The van der Waals surface area contributed by atoms with Crippen LogP contribution < -0.4 is 5.32 Å². The summed E-state index contributed by atoms with van der Waals surface area (Å²) in [6, 6.07) is 14.1. The first-order chi connectivity index (χ1) is 17.1. The summed E-state index contributed by atoms with van der Waals surface area (Å²) < 4.78 is 38.8. The second kappa shape index (κ2) is 10.4. The molecule has 3 aromatic rings. The van der Waals surface area contributed by atoms with Crippen molar-refractivity contribution in [2.75, 3.05) is 6.61 Å². The second-order valence-corrected chi connectivity index (χ2v) is 9.68. The van der Waals surface area contributed by atoms with E-state index in [1.165, 1.54) is 12.1 Å². The predicted octanol–water partition coefficient (Wildman–Crippen LogP) is 5.59. The molecule has 0 saturated heterocycles. The minimum Gasteiger partial charge on any atom is -0.394 e. The molecule has 5 nitrogen and oxygen atoms in total. The molecule has 2 aromatic carbocycles. The average molecular weight is 498 g/mol. The van der Waals surface area contributed by atoms with Gasteiger partial charge in [0.2, 0.25) is 0 Å².